The van der Waals surface area contributed by atoms with Crippen LogP contribution >= 0.6 is 15.9 Å². The van der Waals surface area contributed by atoms with E-state index < -0.39 is 0 Å². The summed E-state index contributed by atoms with van der Waals surface area (Å²) >= 11 is 3.47. The molecule has 0 aliphatic rings. The molecule has 1 heterocycles. The molecule has 0 unspecified atom stereocenters. The topological polar surface area (TPSA) is 29.9 Å². The summed E-state index contributed by atoms with van der Waals surface area (Å²) in [6.45, 7) is 0.828. The van der Waals surface area contributed by atoms with E-state index in [-0.39, 0.29) is 0 Å². The molecule has 3 rings (SSSR count). The summed E-state index contributed by atoms with van der Waals surface area (Å²) in [6.07, 6.45) is 3.77. The maximum absolute atomic E-state index is 4.33. The average Bonchev–Trinajstić information content (AvgIpc) is 2.98. The van der Waals surface area contributed by atoms with Crippen molar-refractivity contribution < 1.29 is 0 Å². The van der Waals surface area contributed by atoms with Crippen LogP contribution < -0.4 is 5.32 Å². The van der Waals surface area contributed by atoms with E-state index in [0.29, 0.717) is 0 Å². The number of halogens is 1. The van der Waals surface area contributed by atoms with Gasteiger partial charge in [0, 0.05) is 16.6 Å². The van der Waals surface area contributed by atoms with Crippen LogP contribution in [0, 0.1) is 0 Å². The first-order valence-corrected chi connectivity index (χ1v) is 7.60. The summed E-state index contributed by atoms with van der Waals surface area (Å²) in [4.78, 5) is 4.33. The lowest BCUT2D eigenvalue weighted by Crippen LogP contribution is -2.09. The van der Waals surface area contributed by atoms with E-state index in [1.165, 1.54) is 5.56 Å². The predicted octanol–water partition coefficient (Wildman–Crippen LogP) is 4.02. The van der Waals surface area contributed by atoms with Gasteiger partial charge in [0.15, 0.2) is 0 Å². The Morgan fingerprint density at radius 3 is 2.62 bits per heavy atom. The quantitative estimate of drug-likeness (QED) is 0.776. The van der Waals surface area contributed by atoms with Crippen molar-refractivity contribution in [2.24, 2.45) is 0 Å². The highest BCUT2D eigenvalue weighted by atomic mass is 79.9. The minimum Gasteiger partial charge on any atom is -0.316 e. The van der Waals surface area contributed by atoms with Gasteiger partial charge in [0.1, 0.15) is 0 Å². The zero-order valence-corrected chi connectivity index (χ0v) is 13.3. The monoisotopic (exact) mass is 341 g/mol. The van der Waals surface area contributed by atoms with Gasteiger partial charge in [-0.3, -0.25) is 4.57 Å². The molecule has 2 aromatic carbocycles. The summed E-state index contributed by atoms with van der Waals surface area (Å²) in [5, 5.41) is 3.21. The standard InChI is InChI=1S/C17H16BrN3/c1-19-10-14-4-2-3-5-16(14)21-12-20-11-17(21)13-6-8-15(18)9-7-13/h2-9,11-12,19H,10H2,1H3. The van der Waals surface area contributed by atoms with E-state index in [2.05, 4.69) is 67.2 Å². The van der Waals surface area contributed by atoms with Crippen molar-refractivity contribution in [2.45, 2.75) is 6.54 Å². The van der Waals surface area contributed by atoms with Gasteiger partial charge in [-0.15, -0.1) is 0 Å². The Morgan fingerprint density at radius 1 is 1.10 bits per heavy atom. The van der Waals surface area contributed by atoms with E-state index in [9.17, 15) is 0 Å². The molecule has 0 saturated carbocycles. The van der Waals surface area contributed by atoms with Crippen LogP contribution in [0.5, 0.6) is 0 Å². The summed E-state index contributed by atoms with van der Waals surface area (Å²) in [5.41, 5.74) is 4.64. The Bertz CT molecular complexity index is 732. The van der Waals surface area contributed by atoms with Crippen molar-refractivity contribution in [3.05, 3.63) is 71.1 Å². The van der Waals surface area contributed by atoms with Crippen LogP contribution in [0.1, 0.15) is 5.56 Å². The average molecular weight is 342 g/mol. The molecule has 0 bridgehead atoms. The maximum atomic E-state index is 4.33. The second-order valence-electron chi connectivity index (χ2n) is 4.81. The zero-order valence-electron chi connectivity index (χ0n) is 11.8. The molecule has 0 saturated heterocycles. The molecule has 106 valence electrons. The summed E-state index contributed by atoms with van der Waals surface area (Å²) in [6, 6.07) is 16.7. The predicted molar refractivity (Wildman–Crippen MR) is 89.5 cm³/mol. The highest BCUT2D eigenvalue weighted by Gasteiger charge is 2.09. The van der Waals surface area contributed by atoms with Crippen LogP contribution in [0.3, 0.4) is 0 Å². The summed E-state index contributed by atoms with van der Waals surface area (Å²) < 4.78 is 3.21. The molecule has 0 aliphatic heterocycles. The maximum Gasteiger partial charge on any atom is 0.0997 e. The Hall–Kier alpha value is -1.91. The van der Waals surface area contributed by atoms with Gasteiger partial charge in [0.2, 0.25) is 0 Å². The number of nitrogens with one attached hydrogen (secondary N) is 1. The number of para-hydroxylation sites is 1. The lowest BCUT2D eigenvalue weighted by atomic mass is 10.1. The molecule has 0 atom stereocenters. The van der Waals surface area contributed by atoms with Crippen molar-refractivity contribution in [1.29, 1.82) is 0 Å². The molecule has 1 aromatic heterocycles. The van der Waals surface area contributed by atoms with E-state index in [1.54, 1.807) is 0 Å². The van der Waals surface area contributed by atoms with Crippen LogP contribution in [-0.4, -0.2) is 16.6 Å². The van der Waals surface area contributed by atoms with Crippen molar-refractivity contribution in [2.75, 3.05) is 7.05 Å². The SMILES string of the molecule is CNCc1ccccc1-n1cncc1-c1ccc(Br)cc1. The smallest absolute Gasteiger partial charge is 0.0997 e. The van der Waals surface area contributed by atoms with Crippen molar-refractivity contribution in [3.8, 4) is 16.9 Å². The number of hydrogen-bond acceptors (Lipinski definition) is 2. The normalized spacial score (nSPS) is 10.8. The molecular weight excluding hydrogens is 326 g/mol. The molecule has 3 nitrogen and oxygen atoms in total. The second-order valence-corrected chi connectivity index (χ2v) is 5.73. The highest BCUT2D eigenvalue weighted by Crippen LogP contribution is 2.25. The van der Waals surface area contributed by atoms with Crippen LogP contribution in [0.4, 0.5) is 0 Å². The minimum absolute atomic E-state index is 0.828. The third-order valence-electron chi connectivity index (χ3n) is 3.40. The molecule has 21 heavy (non-hydrogen) atoms. The van der Waals surface area contributed by atoms with Crippen molar-refractivity contribution >= 4 is 15.9 Å². The van der Waals surface area contributed by atoms with Crippen molar-refractivity contribution in [3.63, 3.8) is 0 Å². The molecule has 0 spiro atoms. The lowest BCUT2D eigenvalue weighted by molar-refractivity contribution is 0.808. The molecule has 0 fully saturated rings. The summed E-state index contributed by atoms with van der Waals surface area (Å²) in [5.74, 6) is 0. The first-order chi connectivity index (χ1) is 10.3. The molecule has 4 heteroatoms. The van der Waals surface area contributed by atoms with E-state index in [1.807, 2.05) is 31.7 Å². The van der Waals surface area contributed by atoms with Gasteiger partial charge in [-0.05, 0) is 30.8 Å². The van der Waals surface area contributed by atoms with E-state index in [4.69, 9.17) is 0 Å². The molecule has 0 aliphatic carbocycles. The Kier molecular flexibility index (Phi) is 4.18. The summed E-state index contributed by atoms with van der Waals surface area (Å²) in [7, 11) is 1.96. The van der Waals surface area contributed by atoms with Gasteiger partial charge in [-0.1, -0.05) is 46.3 Å². The fourth-order valence-corrected chi connectivity index (χ4v) is 2.67. The Morgan fingerprint density at radius 2 is 1.86 bits per heavy atom. The number of rotatable bonds is 4. The number of benzene rings is 2. The van der Waals surface area contributed by atoms with Crippen LogP contribution in [0.25, 0.3) is 16.9 Å². The lowest BCUT2D eigenvalue weighted by Gasteiger charge is -2.13. The first-order valence-electron chi connectivity index (χ1n) is 6.81. The van der Waals surface area contributed by atoms with Gasteiger partial charge in [-0.2, -0.15) is 0 Å². The van der Waals surface area contributed by atoms with Gasteiger partial charge < -0.3 is 5.32 Å². The Balaban J connectivity index is 2.09. The van der Waals surface area contributed by atoms with Crippen molar-refractivity contribution in [1.82, 2.24) is 14.9 Å². The van der Waals surface area contributed by atoms with Gasteiger partial charge in [-0.25, -0.2) is 4.98 Å². The fourth-order valence-electron chi connectivity index (χ4n) is 2.41. The number of imidazole rings is 1. The van der Waals surface area contributed by atoms with Gasteiger partial charge in [0.05, 0.1) is 23.9 Å². The molecule has 3 aromatic rings. The van der Waals surface area contributed by atoms with Crippen LogP contribution in [0.2, 0.25) is 0 Å². The van der Waals surface area contributed by atoms with E-state index in [0.717, 1.165) is 28.0 Å². The third kappa shape index (κ3) is 2.91. The zero-order chi connectivity index (χ0) is 14.7. The second kappa shape index (κ2) is 6.24. The molecule has 1 N–H and O–H groups in total. The fraction of sp³-hybridized carbons (Fsp3) is 0.118. The Labute approximate surface area is 132 Å². The van der Waals surface area contributed by atoms with Crippen LogP contribution in [0.15, 0.2) is 65.5 Å². The van der Waals surface area contributed by atoms with E-state index >= 15 is 0 Å². The van der Waals surface area contributed by atoms with Crippen LogP contribution in [-0.2, 0) is 6.54 Å². The number of nitrogens with zero attached hydrogens (tertiary/aromatic N) is 2. The minimum atomic E-state index is 0.828. The van der Waals surface area contributed by atoms with Gasteiger partial charge >= 0.3 is 0 Å². The number of hydrogen-bond donors (Lipinski definition) is 1. The number of aromatic nitrogens is 2. The molecular formula is C17H16BrN3. The highest BCUT2D eigenvalue weighted by molar-refractivity contribution is 9.10. The largest absolute Gasteiger partial charge is 0.316 e. The first kappa shape index (κ1) is 14.0. The molecule has 0 radical (unpaired) electrons. The molecule has 0 amide bonds. The van der Waals surface area contributed by atoms with Gasteiger partial charge in [0.25, 0.3) is 0 Å². The third-order valence-corrected chi connectivity index (χ3v) is 3.93.